The van der Waals surface area contributed by atoms with Crippen LogP contribution in [0, 0.1) is 0 Å². The summed E-state index contributed by atoms with van der Waals surface area (Å²) < 4.78 is 0. The van der Waals surface area contributed by atoms with Gasteiger partial charge in [-0.15, -0.1) is 12.6 Å². The van der Waals surface area contributed by atoms with Gasteiger partial charge in [0.1, 0.15) is 0 Å². The van der Waals surface area contributed by atoms with Crippen LogP contribution in [0.5, 0.6) is 0 Å². The van der Waals surface area contributed by atoms with Crippen LogP contribution in [-0.2, 0) is 14.4 Å². The maximum Gasteiger partial charge on any atom is 0.303 e. The quantitative estimate of drug-likeness (QED) is 0.153. The van der Waals surface area contributed by atoms with Crippen LogP contribution in [-0.4, -0.2) is 28.1 Å². The summed E-state index contributed by atoms with van der Waals surface area (Å²) in [6.45, 7) is 1.65. The summed E-state index contributed by atoms with van der Waals surface area (Å²) in [6, 6.07) is -0.499. The third kappa shape index (κ3) is 21.5. The summed E-state index contributed by atoms with van der Waals surface area (Å²) in [6.07, 6.45) is 20.0. The molecule has 0 bridgehead atoms. The molecule has 0 unspecified atom stereocenters. The van der Waals surface area contributed by atoms with Crippen LogP contribution in [0.1, 0.15) is 122 Å². The molecule has 0 aromatic rings. The molecule has 0 saturated carbocycles. The first-order valence-electron chi connectivity index (χ1n) is 11.7. The average Bonchev–Trinajstić information content (AvgIpc) is 2.66. The molecule has 0 aliphatic heterocycles. The van der Waals surface area contributed by atoms with Gasteiger partial charge in [-0.25, -0.2) is 0 Å². The molecule has 0 aromatic heterocycles. The third-order valence-corrected chi connectivity index (χ3v) is 5.68. The molecule has 0 radical (unpaired) electrons. The SMILES string of the molecule is C[C@H](NC(=O)CCCCCCCCCCCCCCCCCCC(=O)O)C(=O)S. The van der Waals surface area contributed by atoms with E-state index in [1.165, 1.54) is 77.0 Å². The van der Waals surface area contributed by atoms with Crippen molar-refractivity contribution in [3.8, 4) is 0 Å². The molecule has 0 fully saturated rings. The van der Waals surface area contributed by atoms with Crippen LogP contribution in [0.25, 0.3) is 0 Å². The van der Waals surface area contributed by atoms with Crippen molar-refractivity contribution in [3.63, 3.8) is 0 Å². The number of carboxylic acids is 1. The zero-order valence-corrected chi connectivity index (χ0v) is 19.3. The molecule has 0 aromatic carbocycles. The van der Waals surface area contributed by atoms with Gasteiger partial charge in [-0.2, -0.15) is 0 Å². The summed E-state index contributed by atoms with van der Waals surface area (Å²) >= 11 is 3.71. The molecule has 170 valence electrons. The number of aliphatic carboxylic acids is 1. The molecule has 1 amide bonds. The van der Waals surface area contributed by atoms with Gasteiger partial charge >= 0.3 is 5.97 Å². The van der Waals surface area contributed by atoms with E-state index in [4.69, 9.17) is 5.11 Å². The molecule has 1 atom stereocenters. The fraction of sp³-hybridized carbons (Fsp3) is 0.870. The fourth-order valence-corrected chi connectivity index (χ4v) is 3.48. The van der Waals surface area contributed by atoms with Gasteiger partial charge in [0, 0.05) is 12.8 Å². The molecule has 0 aliphatic carbocycles. The number of hydrogen-bond acceptors (Lipinski definition) is 3. The first-order valence-corrected chi connectivity index (χ1v) is 12.1. The summed E-state index contributed by atoms with van der Waals surface area (Å²) in [4.78, 5) is 33.0. The Morgan fingerprint density at radius 1 is 0.655 bits per heavy atom. The lowest BCUT2D eigenvalue weighted by atomic mass is 10.0. The highest BCUT2D eigenvalue weighted by Crippen LogP contribution is 2.14. The van der Waals surface area contributed by atoms with Crippen LogP contribution < -0.4 is 5.32 Å². The van der Waals surface area contributed by atoms with Crippen LogP contribution in [0.3, 0.4) is 0 Å². The highest BCUT2D eigenvalue weighted by Gasteiger charge is 2.11. The van der Waals surface area contributed by atoms with E-state index in [1.54, 1.807) is 6.92 Å². The number of rotatable bonds is 21. The van der Waals surface area contributed by atoms with Gasteiger partial charge in [0.25, 0.3) is 0 Å². The van der Waals surface area contributed by atoms with Gasteiger partial charge in [-0.05, 0) is 19.8 Å². The van der Waals surface area contributed by atoms with E-state index in [2.05, 4.69) is 17.9 Å². The third-order valence-electron chi connectivity index (χ3n) is 5.29. The Balaban J connectivity index is 3.18. The van der Waals surface area contributed by atoms with Crippen LogP contribution in [0.2, 0.25) is 0 Å². The molecule has 29 heavy (non-hydrogen) atoms. The van der Waals surface area contributed by atoms with E-state index in [0.717, 1.165) is 25.7 Å². The summed E-state index contributed by atoms with van der Waals surface area (Å²) in [7, 11) is 0. The Morgan fingerprint density at radius 3 is 1.28 bits per heavy atom. The molecule has 5 nitrogen and oxygen atoms in total. The predicted octanol–water partition coefficient (Wildman–Crippen LogP) is 6.05. The van der Waals surface area contributed by atoms with Crippen LogP contribution in [0.4, 0.5) is 0 Å². The number of carbonyl (C=O) groups excluding carboxylic acids is 2. The van der Waals surface area contributed by atoms with E-state index >= 15 is 0 Å². The predicted molar refractivity (Wildman–Crippen MR) is 122 cm³/mol. The van der Waals surface area contributed by atoms with E-state index < -0.39 is 12.0 Å². The zero-order chi connectivity index (χ0) is 21.7. The van der Waals surface area contributed by atoms with E-state index in [-0.39, 0.29) is 11.0 Å². The maximum atomic E-state index is 11.6. The van der Waals surface area contributed by atoms with Crippen molar-refractivity contribution in [2.45, 2.75) is 129 Å². The molecule has 0 spiro atoms. The van der Waals surface area contributed by atoms with Crippen LogP contribution in [0.15, 0.2) is 0 Å². The summed E-state index contributed by atoms with van der Waals surface area (Å²) in [5, 5.41) is 10.9. The molecule has 0 saturated heterocycles. The Morgan fingerprint density at radius 2 is 0.966 bits per heavy atom. The molecule has 2 N–H and O–H groups in total. The van der Waals surface area contributed by atoms with Gasteiger partial charge in [-0.1, -0.05) is 89.9 Å². The summed E-state index contributed by atoms with van der Waals surface area (Å²) in [5.74, 6) is -0.734. The molecule has 0 aliphatic rings. The first kappa shape index (κ1) is 28.0. The second kappa shape index (κ2) is 20.2. The minimum atomic E-state index is -0.677. The van der Waals surface area contributed by atoms with Crippen molar-refractivity contribution >= 4 is 29.6 Å². The number of thiol groups is 1. The maximum absolute atomic E-state index is 11.6. The van der Waals surface area contributed by atoms with Gasteiger partial charge in [0.15, 0.2) is 0 Å². The largest absolute Gasteiger partial charge is 0.481 e. The number of unbranched alkanes of at least 4 members (excludes halogenated alkanes) is 15. The first-order chi connectivity index (χ1) is 13.9. The Kier molecular flexibility index (Phi) is 19.5. The topological polar surface area (TPSA) is 83.5 Å². The van der Waals surface area contributed by atoms with Gasteiger partial charge < -0.3 is 10.4 Å². The Hall–Kier alpha value is -1.04. The lowest BCUT2D eigenvalue weighted by molar-refractivity contribution is -0.137. The average molecular weight is 430 g/mol. The molecular formula is C23H43NO4S. The number of nitrogens with one attached hydrogen (secondary N) is 1. The smallest absolute Gasteiger partial charge is 0.303 e. The van der Waals surface area contributed by atoms with Gasteiger partial charge in [0.2, 0.25) is 11.0 Å². The van der Waals surface area contributed by atoms with Crippen molar-refractivity contribution in [1.29, 1.82) is 0 Å². The molecule has 6 heteroatoms. The monoisotopic (exact) mass is 429 g/mol. The minimum Gasteiger partial charge on any atom is -0.481 e. The zero-order valence-electron chi connectivity index (χ0n) is 18.4. The normalized spacial score (nSPS) is 11.9. The number of carbonyl (C=O) groups is 3. The number of carboxylic acid groups (broad SMARTS) is 1. The Labute approximate surface area is 183 Å². The lowest BCUT2D eigenvalue weighted by Crippen LogP contribution is -2.36. The highest BCUT2D eigenvalue weighted by atomic mass is 32.1. The standard InChI is InChI=1S/C23H43NO4S/c1-20(23(28)29)24-21(25)18-16-14-12-10-8-6-4-2-3-5-7-9-11-13-15-17-19-22(26)27/h20H,2-19H2,1H3,(H,24,25)(H,26,27)(H,28,29)/t20-/m0/s1. The minimum absolute atomic E-state index is 0.0573. The van der Waals surface area contributed by atoms with Crippen molar-refractivity contribution in [3.05, 3.63) is 0 Å². The highest BCUT2D eigenvalue weighted by molar-refractivity contribution is 7.96. The number of hydrogen-bond donors (Lipinski definition) is 3. The Bertz CT molecular complexity index is 443. The van der Waals surface area contributed by atoms with Crippen molar-refractivity contribution < 1.29 is 19.5 Å². The van der Waals surface area contributed by atoms with Crippen molar-refractivity contribution in [1.82, 2.24) is 5.32 Å². The second-order valence-corrected chi connectivity index (χ2v) is 8.62. The van der Waals surface area contributed by atoms with Crippen LogP contribution >= 0.6 is 12.6 Å². The number of amides is 1. The molecular weight excluding hydrogens is 386 g/mol. The van der Waals surface area contributed by atoms with Crippen molar-refractivity contribution in [2.24, 2.45) is 0 Å². The van der Waals surface area contributed by atoms with Crippen molar-refractivity contribution in [2.75, 3.05) is 0 Å². The van der Waals surface area contributed by atoms with E-state index in [1.807, 2.05) is 0 Å². The van der Waals surface area contributed by atoms with E-state index in [9.17, 15) is 14.4 Å². The fourth-order valence-electron chi connectivity index (χ4n) is 3.41. The van der Waals surface area contributed by atoms with Gasteiger partial charge in [-0.3, -0.25) is 14.4 Å². The molecule has 0 rings (SSSR count). The van der Waals surface area contributed by atoms with Gasteiger partial charge in [0.05, 0.1) is 6.04 Å². The second-order valence-electron chi connectivity index (χ2n) is 8.18. The summed E-state index contributed by atoms with van der Waals surface area (Å²) in [5.41, 5.74) is 0. The molecule has 0 heterocycles. The van der Waals surface area contributed by atoms with E-state index in [0.29, 0.717) is 12.8 Å². The lowest BCUT2D eigenvalue weighted by Gasteiger charge is -2.09.